The molecule has 13 heavy (non-hydrogen) atoms. The van der Waals surface area contributed by atoms with Crippen LogP contribution in [-0.2, 0) is 0 Å². The zero-order valence-electron chi connectivity index (χ0n) is 8.71. The molecule has 0 bridgehead atoms. The van der Waals surface area contributed by atoms with Crippen molar-refractivity contribution in [3.63, 3.8) is 0 Å². The van der Waals surface area contributed by atoms with Crippen LogP contribution in [0.4, 0.5) is 0 Å². The number of rotatable bonds is 1. The molecule has 0 saturated heterocycles. The van der Waals surface area contributed by atoms with Gasteiger partial charge in [0.15, 0.2) is 0 Å². The quantitative estimate of drug-likeness (QED) is 0.628. The minimum atomic E-state index is 0.865. The summed E-state index contributed by atoms with van der Waals surface area (Å²) in [4.78, 5) is 3.08. The molecule has 1 aromatic heterocycles. The molecule has 0 unspecified atom stereocenters. The van der Waals surface area contributed by atoms with Crippen LogP contribution in [0.5, 0.6) is 0 Å². The fourth-order valence-corrected chi connectivity index (χ4v) is 3.37. The zero-order valence-corrected chi connectivity index (χ0v) is 9.53. The molecule has 3 atom stereocenters. The lowest BCUT2D eigenvalue weighted by Crippen LogP contribution is -1.95. The topological polar surface area (TPSA) is 0 Å². The molecule has 1 heterocycles. The number of hydrogen-bond acceptors (Lipinski definition) is 1. The minimum Gasteiger partial charge on any atom is -0.145 e. The van der Waals surface area contributed by atoms with Gasteiger partial charge in [0, 0.05) is 9.75 Å². The first-order valence-corrected chi connectivity index (χ1v) is 6.05. The highest BCUT2D eigenvalue weighted by molar-refractivity contribution is 7.12. The van der Waals surface area contributed by atoms with E-state index in [4.69, 9.17) is 0 Å². The molecular formula is C12H18S. The second-order valence-electron chi connectivity index (χ2n) is 4.57. The van der Waals surface area contributed by atoms with Crippen LogP contribution in [0.3, 0.4) is 0 Å². The summed E-state index contributed by atoms with van der Waals surface area (Å²) in [6.07, 6.45) is 2.81. The average Bonchev–Trinajstić information content (AvgIpc) is 2.61. The Labute approximate surface area is 85.0 Å². The normalized spacial score (nSPS) is 33.9. The molecule has 1 saturated carbocycles. The molecule has 1 aromatic rings. The minimum absolute atomic E-state index is 0.865. The highest BCUT2D eigenvalue weighted by Crippen LogP contribution is 2.43. The predicted molar refractivity (Wildman–Crippen MR) is 59.4 cm³/mol. The summed E-state index contributed by atoms with van der Waals surface area (Å²) in [6.45, 7) is 6.99. The highest BCUT2D eigenvalue weighted by Gasteiger charge is 2.29. The Morgan fingerprint density at radius 3 is 2.23 bits per heavy atom. The Morgan fingerprint density at radius 2 is 1.77 bits per heavy atom. The predicted octanol–water partition coefficient (Wildman–Crippen LogP) is 4.21. The summed E-state index contributed by atoms with van der Waals surface area (Å²) in [5.41, 5.74) is 0. The maximum atomic E-state index is 2.39. The molecule has 0 spiro atoms. The van der Waals surface area contributed by atoms with Gasteiger partial charge in [-0.05, 0) is 49.7 Å². The van der Waals surface area contributed by atoms with Crippen LogP contribution >= 0.6 is 11.3 Å². The van der Waals surface area contributed by atoms with Crippen molar-refractivity contribution in [1.29, 1.82) is 0 Å². The van der Waals surface area contributed by atoms with E-state index >= 15 is 0 Å². The molecule has 0 radical (unpaired) electrons. The van der Waals surface area contributed by atoms with Crippen LogP contribution in [-0.4, -0.2) is 0 Å². The number of thiophene rings is 1. The van der Waals surface area contributed by atoms with E-state index in [0.717, 1.165) is 17.8 Å². The van der Waals surface area contributed by atoms with Gasteiger partial charge in [-0.3, -0.25) is 0 Å². The Hall–Kier alpha value is -0.300. The van der Waals surface area contributed by atoms with Crippen molar-refractivity contribution in [2.75, 3.05) is 0 Å². The maximum absolute atomic E-state index is 2.39. The van der Waals surface area contributed by atoms with Gasteiger partial charge in [0.05, 0.1) is 0 Å². The molecule has 0 amide bonds. The molecule has 1 heteroatoms. The second-order valence-corrected chi connectivity index (χ2v) is 5.89. The fourth-order valence-electron chi connectivity index (χ4n) is 2.36. The molecular weight excluding hydrogens is 176 g/mol. The molecule has 1 aliphatic rings. The third-order valence-corrected chi connectivity index (χ3v) is 4.61. The van der Waals surface area contributed by atoms with Crippen LogP contribution in [0.25, 0.3) is 0 Å². The van der Waals surface area contributed by atoms with Crippen molar-refractivity contribution in [1.82, 2.24) is 0 Å². The van der Waals surface area contributed by atoms with Gasteiger partial charge in [-0.25, -0.2) is 0 Å². The Bertz CT molecular complexity index is 277. The van der Waals surface area contributed by atoms with E-state index in [0.29, 0.717) is 0 Å². The van der Waals surface area contributed by atoms with Crippen molar-refractivity contribution in [3.05, 3.63) is 21.9 Å². The van der Waals surface area contributed by atoms with Crippen LogP contribution in [0.15, 0.2) is 12.1 Å². The number of aryl methyl sites for hydroxylation is 1. The first kappa shape index (κ1) is 9.26. The highest BCUT2D eigenvalue weighted by atomic mass is 32.1. The summed E-state index contributed by atoms with van der Waals surface area (Å²) >= 11 is 1.99. The van der Waals surface area contributed by atoms with Crippen LogP contribution < -0.4 is 0 Å². The lowest BCUT2D eigenvalue weighted by molar-refractivity contribution is 0.457. The third-order valence-electron chi connectivity index (χ3n) is 3.45. The van der Waals surface area contributed by atoms with Crippen molar-refractivity contribution < 1.29 is 0 Å². The fraction of sp³-hybridized carbons (Fsp3) is 0.667. The zero-order chi connectivity index (χ0) is 9.42. The van der Waals surface area contributed by atoms with Crippen molar-refractivity contribution in [2.45, 2.75) is 39.5 Å². The molecule has 1 fully saturated rings. The van der Waals surface area contributed by atoms with Gasteiger partial charge in [-0.1, -0.05) is 13.8 Å². The summed E-state index contributed by atoms with van der Waals surface area (Å²) in [5, 5.41) is 0. The van der Waals surface area contributed by atoms with Crippen LogP contribution in [0, 0.1) is 18.8 Å². The number of hydrogen-bond donors (Lipinski definition) is 0. The van der Waals surface area contributed by atoms with Gasteiger partial charge in [-0.2, -0.15) is 0 Å². The first-order chi connectivity index (χ1) is 6.16. The van der Waals surface area contributed by atoms with Crippen molar-refractivity contribution >= 4 is 11.3 Å². The molecule has 1 aliphatic carbocycles. The standard InChI is InChI=1S/C12H18S/c1-8-6-11(7-9(8)2)12-5-4-10(3)13-12/h4-5,8-9,11H,6-7H2,1-3H3/t8-,9+,11+. The van der Waals surface area contributed by atoms with E-state index in [9.17, 15) is 0 Å². The smallest absolute Gasteiger partial charge is 0.00792 e. The average molecular weight is 194 g/mol. The van der Waals surface area contributed by atoms with Gasteiger partial charge in [-0.15, -0.1) is 11.3 Å². The van der Waals surface area contributed by atoms with Gasteiger partial charge in [0.1, 0.15) is 0 Å². The van der Waals surface area contributed by atoms with Gasteiger partial charge in [0.25, 0.3) is 0 Å². The Balaban J connectivity index is 2.11. The molecule has 0 nitrogen and oxygen atoms in total. The van der Waals surface area contributed by atoms with Gasteiger partial charge in [0.2, 0.25) is 0 Å². The monoisotopic (exact) mass is 194 g/mol. The summed E-state index contributed by atoms with van der Waals surface area (Å²) in [7, 11) is 0. The maximum Gasteiger partial charge on any atom is 0.00792 e. The first-order valence-electron chi connectivity index (χ1n) is 5.23. The van der Waals surface area contributed by atoms with Crippen molar-refractivity contribution in [2.24, 2.45) is 11.8 Å². The van der Waals surface area contributed by atoms with Crippen molar-refractivity contribution in [3.8, 4) is 0 Å². The SMILES string of the molecule is Cc1ccc([C@H]2C[C@@H](C)[C@@H](C)C2)s1. The molecule has 72 valence electrons. The Kier molecular flexibility index (Phi) is 2.46. The molecule has 0 aliphatic heterocycles. The largest absolute Gasteiger partial charge is 0.145 e. The van der Waals surface area contributed by atoms with E-state index in [-0.39, 0.29) is 0 Å². The van der Waals surface area contributed by atoms with E-state index in [1.165, 1.54) is 17.7 Å². The molecule has 2 rings (SSSR count). The summed E-state index contributed by atoms with van der Waals surface area (Å²) in [6, 6.07) is 4.59. The second kappa shape index (κ2) is 3.45. The third kappa shape index (κ3) is 1.80. The van der Waals surface area contributed by atoms with E-state index in [2.05, 4.69) is 32.9 Å². The van der Waals surface area contributed by atoms with E-state index < -0.39 is 0 Å². The Morgan fingerprint density at radius 1 is 1.15 bits per heavy atom. The summed E-state index contributed by atoms with van der Waals surface area (Å²) in [5.74, 6) is 2.71. The lowest BCUT2D eigenvalue weighted by atomic mass is 10.0. The molecule has 0 N–H and O–H groups in total. The van der Waals surface area contributed by atoms with Gasteiger partial charge < -0.3 is 0 Å². The van der Waals surface area contributed by atoms with E-state index in [1.54, 1.807) is 4.88 Å². The summed E-state index contributed by atoms with van der Waals surface area (Å²) < 4.78 is 0. The molecule has 0 aromatic carbocycles. The van der Waals surface area contributed by atoms with Gasteiger partial charge >= 0.3 is 0 Å². The van der Waals surface area contributed by atoms with Crippen LogP contribution in [0.1, 0.15) is 42.4 Å². The lowest BCUT2D eigenvalue weighted by Gasteiger charge is -2.05. The van der Waals surface area contributed by atoms with Crippen LogP contribution in [0.2, 0.25) is 0 Å². The van der Waals surface area contributed by atoms with E-state index in [1.807, 2.05) is 11.3 Å².